The summed E-state index contributed by atoms with van der Waals surface area (Å²) < 4.78 is 2.21. The Balaban J connectivity index is 1.79. The maximum absolute atomic E-state index is 9.01. The Morgan fingerprint density at radius 1 is 1.26 bits per heavy atom. The molecule has 2 atom stereocenters. The van der Waals surface area contributed by atoms with E-state index in [-0.39, 0.29) is 0 Å². The summed E-state index contributed by atoms with van der Waals surface area (Å²) in [4.78, 5) is 4.83. The average molecular weight is 251 g/mol. The van der Waals surface area contributed by atoms with Crippen LogP contribution in [0.2, 0.25) is 0 Å². The van der Waals surface area contributed by atoms with Gasteiger partial charge in [0.25, 0.3) is 0 Å². The van der Waals surface area contributed by atoms with Crippen molar-refractivity contribution in [3.05, 3.63) is 29.6 Å². The summed E-state index contributed by atoms with van der Waals surface area (Å²) in [5, 5.41) is 9.01. The quantitative estimate of drug-likeness (QED) is 0.780. The first-order valence-corrected chi connectivity index (χ1v) is 7.16. The van der Waals surface area contributed by atoms with Gasteiger partial charge in [0, 0.05) is 13.0 Å². The third-order valence-corrected chi connectivity index (χ3v) is 5.00. The molecule has 0 bridgehead atoms. The number of benzene rings is 1. The van der Waals surface area contributed by atoms with Gasteiger partial charge in [0.15, 0.2) is 0 Å². The molecule has 2 aliphatic rings. The van der Waals surface area contributed by atoms with Crippen molar-refractivity contribution in [1.82, 2.24) is 9.55 Å². The van der Waals surface area contributed by atoms with Crippen LogP contribution in [0.3, 0.4) is 0 Å². The van der Waals surface area contributed by atoms with Crippen LogP contribution in [0, 0.1) is 23.2 Å². The van der Waals surface area contributed by atoms with Gasteiger partial charge in [0.2, 0.25) is 0 Å². The van der Waals surface area contributed by atoms with Gasteiger partial charge in [-0.25, -0.2) is 4.98 Å². The standard InChI is InChI=1S/C16H17N3/c1-19-14-8-10(9-17)6-7-13(14)18-16(19)15-11-4-2-3-5-12(11)15/h6-8,11-12,15H,2-5H2,1H3. The lowest BCUT2D eigenvalue weighted by Gasteiger charge is -2.04. The highest BCUT2D eigenvalue weighted by Crippen LogP contribution is 2.60. The Bertz CT molecular complexity index is 680. The van der Waals surface area contributed by atoms with Crippen LogP contribution in [0.15, 0.2) is 18.2 Å². The average Bonchev–Trinajstić information content (AvgIpc) is 3.10. The number of rotatable bonds is 1. The van der Waals surface area contributed by atoms with Gasteiger partial charge in [0.05, 0.1) is 22.7 Å². The predicted octanol–water partition coefficient (Wildman–Crippen LogP) is 3.35. The van der Waals surface area contributed by atoms with Gasteiger partial charge in [-0.1, -0.05) is 12.8 Å². The smallest absolute Gasteiger partial charge is 0.113 e. The molecule has 1 aromatic carbocycles. The summed E-state index contributed by atoms with van der Waals surface area (Å²) in [5.41, 5.74) is 2.84. The minimum atomic E-state index is 0.672. The van der Waals surface area contributed by atoms with Crippen LogP contribution in [0.4, 0.5) is 0 Å². The molecule has 3 nitrogen and oxygen atoms in total. The second-order valence-corrected chi connectivity index (χ2v) is 5.98. The first-order chi connectivity index (χ1) is 9.29. The number of aromatic nitrogens is 2. The second-order valence-electron chi connectivity index (χ2n) is 5.98. The van der Waals surface area contributed by atoms with Crippen LogP contribution in [0.1, 0.15) is 43.0 Å². The molecule has 4 rings (SSSR count). The first kappa shape index (κ1) is 11.0. The van der Waals surface area contributed by atoms with Crippen molar-refractivity contribution >= 4 is 11.0 Å². The molecule has 0 radical (unpaired) electrons. The molecule has 2 aromatic rings. The number of nitrogens with zero attached hydrogens (tertiary/aromatic N) is 3. The van der Waals surface area contributed by atoms with Crippen LogP contribution < -0.4 is 0 Å². The Morgan fingerprint density at radius 2 is 2.00 bits per heavy atom. The molecular weight excluding hydrogens is 234 g/mol. The van der Waals surface area contributed by atoms with E-state index < -0.39 is 0 Å². The first-order valence-electron chi connectivity index (χ1n) is 7.16. The zero-order chi connectivity index (χ0) is 13.0. The van der Waals surface area contributed by atoms with Crippen LogP contribution in [0.25, 0.3) is 11.0 Å². The van der Waals surface area contributed by atoms with Gasteiger partial charge < -0.3 is 4.57 Å². The summed E-state index contributed by atoms with van der Waals surface area (Å²) in [7, 11) is 2.09. The monoisotopic (exact) mass is 251 g/mol. The second kappa shape index (κ2) is 3.84. The molecule has 2 unspecified atom stereocenters. The molecule has 1 aromatic heterocycles. The molecule has 96 valence electrons. The number of nitriles is 1. The molecule has 1 heterocycles. The molecule has 0 N–H and O–H groups in total. The van der Waals surface area contributed by atoms with Gasteiger partial charge in [-0.05, 0) is 42.9 Å². The zero-order valence-electron chi connectivity index (χ0n) is 11.1. The Morgan fingerprint density at radius 3 is 2.68 bits per heavy atom. The Labute approximate surface area is 112 Å². The molecule has 2 aliphatic carbocycles. The highest BCUT2D eigenvalue weighted by Gasteiger charge is 2.53. The van der Waals surface area contributed by atoms with E-state index in [4.69, 9.17) is 10.2 Å². The third kappa shape index (κ3) is 1.53. The predicted molar refractivity (Wildman–Crippen MR) is 73.6 cm³/mol. The third-order valence-electron chi connectivity index (χ3n) is 5.00. The fourth-order valence-electron chi connectivity index (χ4n) is 3.95. The van der Waals surface area contributed by atoms with E-state index in [1.165, 1.54) is 31.5 Å². The molecule has 3 heteroatoms. The number of fused-ring (bicyclic) bond motifs is 2. The van der Waals surface area contributed by atoms with Gasteiger partial charge in [0.1, 0.15) is 5.82 Å². The van der Waals surface area contributed by atoms with Crippen molar-refractivity contribution in [2.45, 2.75) is 31.6 Å². The summed E-state index contributed by atoms with van der Waals surface area (Å²) >= 11 is 0. The van der Waals surface area contributed by atoms with Crippen molar-refractivity contribution in [2.24, 2.45) is 18.9 Å². The summed E-state index contributed by atoms with van der Waals surface area (Å²) in [5.74, 6) is 3.66. The van der Waals surface area contributed by atoms with Crippen LogP contribution in [0.5, 0.6) is 0 Å². The zero-order valence-corrected chi connectivity index (χ0v) is 11.1. The maximum Gasteiger partial charge on any atom is 0.113 e. The summed E-state index contributed by atoms with van der Waals surface area (Å²) in [6.45, 7) is 0. The van der Waals surface area contributed by atoms with Gasteiger partial charge >= 0.3 is 0 Å². The lowest BCUT2D eigenvalue weighted by molar-refractivity contribution is 0.480. The number of imidazole rings is 1. The van der Waals surface area contributed by atoms with E-state index in [0.717, 1.165) is 28.4 Å². The molecule has 0 saturated heterocycles. The van der Waals surface area contributed by atoms with Crippen molar-refractivity contribution in [2.75, 3.05) is 0 Å². The molecule has 19 heavy (non-hydrogen) atoms. The van der Waals surface area contributed by atoms with Gasteiger partial charge in [-0.15, -0.1) is 0 Å². The van der Waals surface area contributed by atoms with E-state index in [0.29, 0.717) is 5.92 Å². The lowest BCUT2D eigenvalue weighted by Crippen LogP contribution is -1.97. The lowest BCUT2D eigenvalue weighted by atomic mass is 10.0. The van der Waals surface area contributed by atoms with Crippen molar-refractivity contribution in [3.8, 4) is 6.07 Å². The molecule has 2 fully saturated rings. The molecule has 0 spiro atoms. The minimum absolute atomic E-state index is 0.672. The van der Waals surface area contributed by atoms with Crippen molar-refractivity contribution < 1.29 is 0 Å². The van der Waals surface area contributed by atoms with E-state index in [1.807, 2.05) is 18.2 Å². The molecule has 0 amide bonds. The molecule has 0 aliphatic heterocycles. The van der Waals surface area contributed by atoms with Gasteiger partial charge in [-0.3, -0.25) is 0 Å². The highest BCUT2D eigenvalue weighted by atomic mass is 15.1. The van der Waals surface area contributed by atoms with E-state index in [1.54, 1.807) is 0 Å². The summed E-state index contributed by atoms with van der Waals surface area (Å²) in [6.07, 6.45) is 5.53. The Hall–Kier alpha value is -1.82. The Kier molecular flexibility index (Phi) is 2.23. The molecule has 2 saturated carbocycles. The van der Waals surface area contributed by atoms with Crippen LogP contribution in [-0.2, 0) is 7.05 Å². The summed E-state index contributed by atoms with van der Waals surface area (Å²) in [6, 6.07) is 8.00. The van der Waals surface area contributed by atoms with Crippen LogP contribution in [-0.4, -0.2) is 9.55 Å². The normalized spacial score (nSPS) is 28.9. The SMILES string of the molecule is Cn1c(C2C3CCCCC32)nc2ccc(C#N)cc21. The number of hydrogen-bond acceptors (Lipinski definition) is 2. The van der Waals surface area contributed by atoms with E-state index >= 15 is 0 Å². The largest absolute Gasteiger partial charge is 0.331 e. The van der Waals surface area contributed by atoms with Gasteiger partial charge in [-0.2, -0.15) is 5.26 Å². The fourth-order valence-corrected chi connectivity index (χ4v) is 3.95. The van der Waals surface area contributed by atoms with Crippen molar-refractivity contribution in [1.29, 1.82) is 5.26 Å². The topological polar surface area (TPSA) is 41.6 Å². The van der Waals surface area contributed by atoms with E-state index in [2.05, 4.69) is 17.7 Å². The fraction of sp³-hybridized carbons (Fsp3) is 0.500. The van der Waals surface area contributed by atoms with Crippen molar-refractivity contribution in [3.63, 3.8) is 0 Å². The highest BCUT2D eigenvalue weighted by molar-refractivity contribution is 5.78. The number of aryl methyl sites for hydroxylation is 1. The minimum Gasteiger partial charge on any atom is -0.331 e. The van der Waals surface area contributed by atoms with E-state index in [9.17, 15) is 0 Å². The maximum atomic E-state index is 9.01. The molecular formula is C16H17N3. The van der Waals surface area contributed by atoms with Crippen LogP contribution >= 0.6 is 0 Å². The number of hydrogen-bond donors (Lipinski definition) is 0.